The van der Waals surface area contributed by atoms with Gasteiger partial charge >= 0.3 is 6.18 Å². The Morgan fingerprint density at radius 2 is 2.00 bits per heavy atom. The maximum Gasteiger partial charge on any atom is 0.416 e. The van der Waals surface area contributed by atoms with E-state index in [-0.39, 0.29) is 30.5 Å². The predicted molar refractivity (Wildman–Crippen MR) is 87.3 cm³/mol. The maximum absolute atomic E-state index is 12.9. The van der Waals surface area contributed by atoms with Gasteiger partial charge in [0.05, 0.1) is 17.1 Å². The monoisotopic (exact) mass is 371 g/mol. The molecule has 1 atom stereocenters. The van der Waals surface area contributed by atoms with Gasteiger partial charge in [-0.2, -0.15) is 13.2 Å². The summed E-state index contributed by atoms with van der Waals surface area (Å²) in [6, 6.07) is 4.10. The SMILES string of the molecule is NC1(C(=O)NC2CC(=O)N(c3cccc(C(F)(F)F)c3)C2)CCOCC1. The zero-order chi connectivity index (χ0) is 18.9. The summed E-state index contributed by atoms with van der Waals surface area (Å²) >= 11 is 0. The Morgan fingerprint density at radius 1 is 1.31 bits per heavy atom. The van der Waals surface area contributed by atoms with E-state index in [1.165, 1.54) is 17.0 Å². The first-order valence-electron chi connectivity index (χ1n) is 8.34. The molecule has 0 saturated carbocycles. The van der Waals surface area contributed by atoms with Crippen LogP contribution in [0.5, 0.6) is 0 Å². The molecule has 2 fully saturated rings. The normalized spacial score (nSPS) is 23.2. The van der Waals surface area contributed by atoms with Crippen molar-refractivity contribution in [2.24, 2.45) is 5.73 Å². The van der Waals surface area contributed by atoms with E-state index in [9.17, 15) is 22.8 Å². The number of anilines is 1. The molecule has 0 bridgehead atoms. The van der Waals surface area contributed by atoms with Crippen molar-refractivity contribution in [3.05, 3.63) is 29.8 Å². The van der Waals surface area contributed by atoms with Crippen molar-refractivity contribution in [2.75, 3.05) is 24.7 Å². The molecule has 2 aliphatic heterocycles. The standard InChI is InChI=1S/C17H20F3N3O3/c18-17(19,20)11-2-1-3-13(8-11)23-10-12(9-14(23)24)22-15(25)16(21)4-6-26-7-5-16/h1-3,8,12H,4-7,9-10,21H2,(H,22,25). The van der Waals surface area contributed by atoms with Crippen LogP contribution in [0.15, 0.2) is 24.3 Å². The fourth-order valence-electron chi connectivity index (χ4n) is 3.20. The van der Waals surface area contributed by atoms with E-state index in [4.69, 9.17) is 10.5 Å². The van der Waals surface area contributed by atoms with Crippen molar-refractivity contribution >= 4 is 17.5 Å². The van der Waals surface area contributed by atoms with Gasteiger partial charge in [-0.05, 0) is 31.0 Å². The Hall–Kier alpha value is -2.13. The fraction of sp³-hybridized carbons (Fsp3) is 0.529. The van der Waals surface area contributed by atoms with Gasteiger partial charge in [-0.3, -0.25) is 9.59 Å². The molecule has 2 amide bonds. The highest BCUT2D eigenvalue weighted by molar-refractivity contribution is 5.97. The highest BCUT2D eigenvalue weighted by Crippen LogP contribution is 2.32. The van der Waals surface area contributed by atoms with E-state index in [1.807, 2.05) is 0 Å². The maximum atomic E-state index is 12.9. The molecule has 2 saturated heterocycles. The molecule has 2 heterocycles. The number of alkyl halides is 3. The third-order valence-corrected chi connectivity index (χ3v) is 4.78. The van der Waals surface area contributed by atoms with E-state index in [0.717, 1.165) is 12.1 Å². The lowest BCUT2D eigenvalue weighted by atomic mass is 9.90. The Morgan fingerprint density at radius 3 is 2.65 bits per heavy atom. The van der Waals surface area contributed by atoms with Crippen LogP contribution in [-0.2, 0) is 20.5 Å². The summed E-state index contributed by atoms with van der Waals surface area (Å²) in [5.41, 5.74) is 4.42. The number of nitrogens with two attached hydrogens (primary N) is 1. The van der Waals surface area contributed by atoms with Gasteiger partial charge in [-0.25, -0.2) is 0 Å². The first kappa shape index (κ1) is 18.7. The highest BCUT2D eigenvalue weighted by atomic mass is 19.4. The minimum atomic E-state index is -4.48. The van der Waals surface area contributed by atoms with E-state index in [2.05, 4.69) is 5.32 Å². The Kier molecular flexibility index (Phi) is 4.94. The smallest absolute Gasteiger partial charge is 0.381 e. The van der Waals surface area contributed by atoms with Crippen molar-refractivity contribution in [3.8, 4) is 0 Å². The molecule has 0 aromatic heterocycles. The van der Waals surface area contributed by atoms with E-state index in [1.54, 1.807) is 0 Å². The molecule has 26 heavy (non-hydrogen) atoms. The highest BCUT2D eigenvalue weighted by Gasteiger charge is 2.40. The molecule has 6 nitrogen and oxygen atoms in total. The average Bonchev–Trinajstić information content (AvgIpc) is 2.95. The third kappa shape index (κ3) is 3.83. The van der Waals surface area contributed by atoms with Crippen molar-refractivity contribution in [2.45, 2.75) is 37.0 Å². The molecular formula is C17H20F3N3O3. The van der Waals surface area contributed by atoms with Crippen LogP contribution in [-0.4, -0.2) is 43.2 Å². The van der Waals surface area contributed by atoms with Crippen LogP contribution < -0.4 is 16.0 Å². The minimum absolute atomic E-state index is 0.0224. The van der Waals surface area contributed by atoms with Crippen LogP contribution >= 0.6 is 0 Å². The van der Waals surface area contributed by atoms with Crippen LogP contribution in [0.4, 0.5) is 18.9 Å². The molecule has 0 spiro atoms. The van der Waals surface area contributed by atoms with Crippen molar-refractivity contribution in [3.63, 3.8) is 0 Å². The molecule has 1 unspecified atom stereocenters. The van der Waals surface area contributed by atoms with Gasteiger partial charge in [0.1, 0.15) is 0 Å². The molecule has 9 heteroatoms. The Bertz CT molecular complexity index is 702. The summed E-state index contributed by atoms with van der Waals surface area (Å²) in [7, 11) is 0. The largest absolute Gasteiger partial charge is 0.416 e. The predicted octanol–water partition coefficient (Wildman–Crippen LogP) is 1.43. The molecular weight excluding hydrogens is 351 g/mol. The zero-order valence-electron chi connectivity index (χ0n) is 14.0. The lowest BCUT2D eigenvalue weighted by Crippen LogP contribution is -2.59. The number of carbonyl (C=O) groups excluding carboxylic acids is 2. The van der Waals surface area contributed by atoms with Gasteiger partial charge in [-0.1, -0.05) is 6.07 Å². The number of ether oxygens (including phenoxy) is 1. The average molecular weight is 371 g/mol. The number of halogens is 3. The van der Waals surface area contributed by atoms with Crippen LogP contribution in [0, 0.1) is 0 Å². The second-order valence-electron chi connectivity index (χ2n) is 6.70. The van der Waals surface area contributed by atoms with E-state index < -0.39 is 23.3 Å². The van der Waals surface area contributed by atoms with Gasteiger partial charge in [-0.15, -0.1) is 0 Å². The zero-order valence-corrected chi connectivity index (χ0v) is 14.0. The molecule has 1 aromatic rings. The summed E-state index contributed by atoms with van der Waals surface area (Å²) in [5, 5.41) is 2.76. The first-order chi connectivity index (χ1) is 12.2. The van der Waals surface area contributed by atoms with Crippen molar-refractivity contribution in [1.29, 1.82) is 0 Å². The lowest BCUT2D eigenvalue weighted by Gasteiger charge is -2.32. The molecule has 2 aliphatic rings. The molecule has 0 aliphatic carbocycles. The summed E-state index contributed by atoms with van der Waals surface area (Å²) in [6.45, 7) is 0.895. The van der Waals surface area contributed by atoms with Gasteiger partial charge in [0.25, 0.3) is 0 Å². The molecule has 3 N–H and O–H groups in total. The van der Waals surface area contributed by atoms with E-state index in [0.29, 0.717) is 26.1 Å². The number of amides is 2. The Labute approximate surface area is 148 Å². The minimum Gasteiger partial charge on any atom is -0.381 e. The quantitative estimate of drug-likeness (QED) is 0.842. The van der Waals surface area contributed by atoms with Gasteiger partial charge < -0.3 is 20.7 Å². The number of rotatable bonds is 3. The van der Waals surface area contributed by atoms with Crippen LogP contribution in [0.2, 0.25) is 0 Å². The van der Waals surface area contributed by atoms with Crippen LogP contribution in [0.1, 0.15) is 24.8 Å². The molecule has 0 radical (unpaired) electrons. The number of nitrogens with zero attached hydrogens (tertiary/aromatic N) is 1. The summed E-state index contributed by atoms with van der Waals surface area (Å²) < 4.78 is 43.8. The van der Waals surface area contributed by atoms with Crippen LogP contribution in [0.25, 0.3) is 0 Å². The summed E-state index contributed by atoms with van der Waals surface area (Å²) in [5.74, 6) is -0.697. The van der Waals surface area contributed by atoms with Crippen molar-refractivity contribution < 1.29 is 27.5 Å². The lowest BCUT2D eigenvalue weighted by molar-refractivity contribution is -0.137. The van der Waals surface area contributed by atoms with Gasteiger partial charge in [0, 0.05) is 31.9 Å². The number of hydrogen-bond acceptors (Lipinski definition) is 4. The van der Waals surface area contributed by atoms with Crippen molar-refractivity contribution in [1.82, 2.24) is 5.32 Å². The second-order valence-corrected chi connectivity index (χ2v) is 6.70. The number of nitrogens with one attached hydrogen (secondary N) is 1. The molecule has 142 valence electrons. The molecule has 1 aromatic carbocycles. The van der Waals surface area contributed by atoms with E-state index >= 15 is 0 Å². The Balaban J connectivity index is 1.68. The number of benzene rings is 1. The first-order valence-corrected chi connectivity index (χ1v) is 8.34. The number of hydrogen-bond donors (Lipinski definition) is 2. The second kappa shape index (κ2) is 6.88. The number of carbonyl (C=O) groups is 2. The topological polar surface area (TPSA) is 84.7 Å². The third-order valence-electron chi connectivity index (χ3n) is 4.78. The fourth-order valence-corrected chi connectivity index (χ4v) is 3.20. The summed E-state index contributed by atoms with van der Waals surface area (Å²) in [6.07, 6.45) is -3.69. The van der Waals surface area contributed by atoms with Crippen LogP contribution in [0.3, 0.4) is 0 Å². The van der Waals surface area contributed by atoms with Gasteiger partial charge in [0.15, 0.2) is 0 Å². The molecule has 3 rings (SSSR count). The summed E-state index contributed by atoms with van der Waals surface area (Å²) in [4.78, 5) is 25.9. The van der Waals surface area contributed by atoms with Gasteiger partial charge in [0.2, 0.25) is 11.8 Å².